The van der Waals surface area contributed by atoms with Gasteiger partial charge in [-0.05, 0) is 50.1 Å². The number of anilines is 1. The predicted molar refractivity (Wildman–Crippen MR) is 99.9 cm³/mol. The Hall–Kier alpha value is -2.52. The number of hydrogen-bond acceptors (Lipinski definition) is 4. The van der Waals surface area contributed by atoms with Crippen LogP contribution in [0.4, 0.5) is 10.2 Å². The Balaban J connectivity index is 2.07. The maximum atomic E-state index is 14.3. The molecule has 0 radical (unpaired) electrons. The van der Waals surface area contributed by atoms with Gasteiger partial charge in [-0.3, -0.25) is 0 Å². The zero-order chi connectivity index (χ0) is 18.1. The second-order valence-corrected chi connectivity index (χ2v) is 6.86. The van der Waals surface area contributed by atoms with E-state index in [-0.39, 0.29) is 11.9 Å². The summed E-state index contributed by atoms with van der Waals surface area (Å²) < 4.78 is 15.0. The van der Waals surface area contributed by atoms with Crippen LogP contribution in [0.3, 0.4) is 0 Å². The molecule has 0 aliphatic carbocycles. The van der Waals surface area contributed by atoms with Gasteiger partial charge in [0.05, 0.1) is 23.4 Å². The predicted octanol–water partition coefficient (Wildman–Crippen LogP) is 5.19. The van der Waals surface area contributed by atoms with Gasteiger partial charge in [0.25, 0.3) is 0 Å². The molecule has 2 aromatic carbocycles. The molecule has 3 rings (SSSR count). The van der Waals surface area contributed by atoms with Crippen molar-refractivity contribution in [1.82, 2.24) is 10.2 Å². The summed E-state index contributed by atoms with van der Waals surface area (Å²) >= 11 is 3.33. The van der Waals surface area contributed by atoms with Crippen LogP contribution >= 0.6 is 15.9 Å². The van der Waals surface area contributed by atoms with Crippen LogP contribution in [0.1, 0.15) is 35.3 Å². The van der Waals surface area contributed by atoms with Gasteiger partial charge in [0.2, 0.25) is 0 Å². The summed E-state index contributed by atoms with van der Waals surface area (Å²) in [4.78, 5) is 0. The molecule has 1 N–H and O–H groups in total. The highest BCUT2D eigenvalue weighted by Crippen LogP contribution is 2.31. The third-order valence-electron chi connectivity index (χ3n) is 4.29. The van der Waals surface area contributed by atoms with Crippen molar-refractivity contribution < 1.29 is 4.39 Å². The Kier molecular flexibility index (Phi) is 4.69. The number of nitriles is 1. The minimum Gasteiger partial charge on any atom is -0.362 e. The van der Waals surface area contributed by atoms with E-state index in [1.807, 2.05) is 32.0 Å². The van der Waals surface area contributed by atoms with Crippen molar-refractivity contribution >= 4 is 32.5 Å². The van der Waals surface area contributed by atoms with Crippen molar-refractivity contribution in [2.45, 2.75) is 26.8 Å². The largest absolute Gasteiger partial charge is 0.362 e. The Bertz CT molecular complexity index is 1010. The number of aryl methyl sites for hydroxylation is 1. The van der Waals surface area contributed by atoms with Crippen LogP contribution in [0.5, 0.6) is 0 Å². The minimum absolute atomic E-state index is 0.115. The second kappa shape index (κ2) is 6.77. The van der Waals surface area contributed by atoms with Crippen molar-refractivity contribution in [2.75, 3.05) is 5.32 Å². The first-order chi connectivity index (χ1) is 11.9. The molecule has 1 atom stereocenters. The molecule has 6 heteroatoms. The number of benzene rings is 2. The summed E-state index contributed by atoms with van der Waals surface area (Å²) in [6.45, 7) is 5.63. The quantitative estimate of drug-likeness (QED) is 0.658. The monoisotopic (exact) mass is 398 g/mol. The van der Waals surface area contributed by atoms with Gasteiger partial charge in [-0.1, -0.05) is 28.1 Å². The highest BCUT2D eigenvalue weighted by Gasteiger charge is 2.16. The Morgan fingerprint density at radius 1 is 1.24 bits per heavy atom. The van der Waals surface area contributed by atoms with Crippen LogP contribution in [0.2, 0.25) is 0 Å². The molecule has 25 heavy (non-hydrogen) atoms. The lowest BCUT2D eigenvalue weighted by atomic mass is 9.98. The average Bonchev–Trinajstić information content (AvgIpc) is 2.57. The van der Waals surface area contributed by atoms with Gasteiger partial charge in [-0.15, -0.1) is 5.10 Å². The molecule has 0 aliphatic rings. The van der Waals surface area contributed by atoms with Gasteiger partial charge in [0.15, 0.2) is 5.82 Å². The maximum Gasteiger partial charge on any atom is 0.157 e. The first-order valence-electron chi connectivity index (χ1n) is 7.80. The van der Waals surface area contributed by atoms with Crippen molar-refractivity contribution in [3.63, 3.8) is 0 Å². The van der Waals surface area contributed by atoms with Gasteiger partial charge in [0.1, 0.15) is 5.82 Å². The molecule has 0 bridgehead atoms. The molecule has 1 aromatic heterocycles. The van der Waals surface area contributed by atoms with Crippen LogP contribution in [-0.4, -0.2) is 10.2 Å². The molecule has 0 amide bonds. The summed E-state index contributed by atoms with van der Waals surface area (Å²) in [6, 6.07) is 10.9. The molecular formula is C19H16BrFN4. The molecule has 0 saturated carbocycles. The third-order valence-corrected chi connectivity index (χ3v) is 4.75. The molecule has 4 nitrogen and oxygen atoms in total. The molecule has 0 aliphatic heterocycles. The lowest BCUT2D eigenvalue weighted by Crippen LogP contribution is -2.11. The molecule has 0 unspecified atom stereocenters. The smallest absolute Gasteiger partial charge is 0.157 e. The van der Waals surface area contributed by atoms with Crippen LogP contribution < -0.4 is 5.32 Å². The van der Waals surface area contributed by atoms with Crippen molar-refractivity contribution in [2.24, 2.45) is 0 Å². The maximum absolute atomic E-state index is 14.3. The average molecular weight is 399 g/mol. The van der Waals surface area contributed by atoms with E-state index in [1.165, 1.54) is 6.07 Å². The molecule has 0 fully saturated rings. The number of nitrogens with zero attached hydrogens (tertiary/aromatic N) is 3. The molecule has 1 heterocycles. The van der Waals surface area contributed by atoms with E-state index < -0.39 is 0 Å². The lowest BCUT2D eigenvalue weighted by Gasteiger charge is -2.19. The fourth-order valence-electron chi connectivity index (χ4n) is 2.99. The number of rotatable bonds is 3. The van der Waals surface area contributed by atoms with E-state index in [0.29, 0.717) is 32.3 Å². The first kappa shape index (κ1) is 17.3. The van der Waals surface area contributed by atoms with Gasteiger partial charge in [-0.2, -0.15) is 10.4 Å². The summed E-state index contributed by atoms with van der Waals surface area (Å²) in [5.41, 5.74) is 3.09. The van der Waals surface area contributed by atoms with E-state index in [9.17, 15) is 9.65 Å². The van der Waals surface area contributed by atoms with E-state index >= 15 is 0 Å². The summed E-state index contributed by atoms with van der Waals surface area (Å²) in [6.07, 6.45) is 0. The lowest BCUT2D eigenvalue weighted by molar-refractivity contribution is 0.637. The fourth-order valence-corrected chi connectivity index (χ4v) is 3.42. The number of nitrogens with one attached hydrogen (secondary N) is 1. The Morgan fingerprint density at radius 2 is 2.00 bits per heavy atom. The van der Waals surface area contributed by atoms with Crippen LogP contribution in [0.25, 0.3) is 10.8 Å². The van der Waals surface area contributed by atoms with E-state index in [2.05, 4.69) is 37.5 Å². The van der Waals surface area contributed by atoms with Crippen LogP contribution in [0.15, 0.2) is 34.8 Å². The molecule has 0 saturated heterocycles. The Morgan fingerprint density at radius 3 is 2.72 bits per heavy atom. The topological polar surface area (TPSA) is 61.6 Å². The number of hydrogen-bond donors (Lipinski definition) is 1. The minimum atomic E-state index is -0.338. The van der Waals surface area contributed by atoms with E-state index in [4.69, 9.17) is 0 Å². The van der Waals surface area contributed by atoms with Crippen molar-refractivity contribution in [1.29, 1.82) is 5.26 Å². The number of halogens is 2. The Labute approximate surface area is 153 Å². The third kappa shape index (κ3) is 3.20. The van der Waals surface area contributed by atoms with Crippen molar-refractivity contribution in [3.8, 4) is 6.07 Å². The zero-order valence-corrected chi connectivity index (χ0v) is 15.6. The summed E-state index contributed by atoms with van der Waals surface area (Å²) in [5.74, 6) is 0.171. The van der Waals surface area contributed by atoms with Gasteiger partial charge >= 0.3 is 0 Å². The number of aromatic nitrogens is 2. The number of fused-ring (bicyclic) bond motifs is 1. The van der Waals surface area contributed by atoms with Gasteiger partial charge in [-0.25, -0.2) is 4.39 Å². The SMILES string of the molecule is Cc1c(C#N)cccc1[C@@H](C)Nc1nnc(C)c2c(F)cc(Br)cc12. The molecule has 3 aromatic rings. The van der Waals surface area contributed by atoms with E-state index in [1.54, 1.807) is 13.0 Å². The zero-order valence-electron chi connectivity index (χ0n) is 14.1. The highest BCUT2D eigenvalue weighted by atomic mass is 79.9. The molecular weight excluding hydrogens is 383 g/mol. The van der Waals surface area contributed by atoms with Crippen LogP contribution in [-0.2, 0) is 0 Å². The standard InChI is InChI=1S/C19H16BrFN4/c1-10-13(9-22)5-4-6-15(10)11(2)23-19-16-7-14(20)8-17(21)18(16)12(3)24-25-19/h4-8,11H,1-3H3,(H,23,25)/t11-/m1/s1. The summed E-state index contributed by atoms with van der Waals surface area (Å²) in [7, 11) is 0. The van der Waals surface area contributed by atoms with E-state index in [0.717, 1.165) is 11.1 Å². The first-order valence-corrected chi connectivity index (χ1v) is 8.60. The molecule has 0 spiro atoms. The van der Waals surface area contributed by atoms with Crippen LogP contribution in [0, 0.1) is 31.0 Å². The second-order valence-electron chi connectivity index (χ2n) is 5.94. The van der Waals surface area contributed by atoms with Gasteiger partial charge in [0, 0.05) is 15.2 Å². The van der Waals surface area contributed by atoms with Gasteiger partial charge < -0.3 is 5.32 Å². The summed E-state index contributed by atoms with van der Waals surface area (Å²) in [5, 5.41) is 21.9. The molecule has 126 valence electrons. The van der Waals surface area contributed by atoms with Crippen molar-refractivity contribution in [3.05, 3.63) is 63.0 Å². The fraction of sp³-hybridized carbons (Fsp3) is 0.211. The highest BCUT2D eigenvalue weighted by molar-refractivity contribution is 9.10. The normalized spacial score (nSPS) is 12.0.